The summed E-state index contributed by atoms with van der Waals surface area (Å²) in [5.74, 6) is 0.973. The smallest absolute Gasteiger partial charge is 0.222 e. The Morgan fingerprint density at radius 2 is 1.96 bits per heavy atom. The van der Waals surface area contributed by atoms with Crippen molar-refractivity contribution < 1.29 is 14.3 Å². The minimum Gasteiger partial charge on any atom is -0.497 e. The summed E-state index contributed by atoms with van der Waals surface area (Å²) in [5, 5.41) is 3.24. The minimum atomic E-state index is 0. The third-order valence-corrected chi connectivity index (χ3v) is 4.39. The van der Waals surface area contributed by atoms with Gasteiger partial charge < -0.3 is 15.0 Å². The first-order valence-electron chi connectivity index (χ1n) is 8.26. The van der Waals surface area contributed by atoms with E-state index in [0.29, 0.717) is 30.9 Å². The zero-order valence-electron chi connectivity index (χ0n) is 14.4. The lowest BCUT2D eigenvalue weighted by Crippen LogP contribution is -2.46. The van der Waals surface area contributed by atoms with Crippen LogP contribution in [-0.4, -0.2) is 49.9 Å². The highest BCUT2D eigenvalue weighted by Crippen LogP contribution is 2.15. The molecule has 6 heteroatoms. The second-order valence-corrected chi connectivity index (χ2v) is 5.97. The zero-order valence-corrected chi connectivity index (χ0v) is 15.2. The molecule has 0 spiro atoms. The van der Waals surface area contributed by atoms with Crippen molar-refractivity contribution in [2.75, 3.05) is 27.2 Å². The van der Waals surface area contributed by atoms with Gasteiger partial charge in [-0.2, -0.15) is 0 Å². The van der Waals surface area contributed by atoms with Crippen LogP contribution in [0.4, 0.5) is 0 Å². The Morgan fingerprint density at radius 3 is 2.58 bits per heavy atom. The highest BCUT2D eigenvalue weighted by molar-refractivity contribution is 5.96. The van der Waals surface area contributed by atoms with Crippen molar-refractivity contribution in [3.63, 3.8) is 0 Å². The number of Topliss-reactive ketones (excluding diaryl/α,β-unsaturated/α-hetero) is 1. The fourth-order valence-electron chi connectivity index (χ4n) is 2.92. The Kier molecular flexibility index (Phi) is 8.79. The summed E-state index contributed by atoms with van der Waals surface area (Å²) in [6, 6.07) is 7.50. The zero-order chi connectivity index (χ0) is 16.7. The quantitative estimate of drug-likeness (QED) is 0.765. The van der Waals surface area contributed by atoms with E-state index in [4.69, 9.17) is 4.74 Å². The van der Waals surface area contributed by atoms with Crippen molar-refractivity contribution in [3.05, 3.63) is 29.8 Å². The van der Waals surface area contributed by atoms with Crippen LogP contribution in [0, 0.1) is 0 Å². The van der Waals surface area contributed by atoms with Crippen LogP contribution < -0.4 is 10.1 Å². The Morgan fingerprint density at radius 1 is 1.25 bits per heavy atom. The molecule has 5 nitrogen and oxygen atoms in total. The van der Waals surface area contributed by atoms with Gasteiger partial charge in [0.1, 0.15) is 5.75 Å². The van der Waals surface area contributed by atoms with Gasteiger partial charge in [-0.25, -0.2) is 0 Å². The van der Waals surface area contributed by atoms with Gasteiger partial charge in [0.15, 0.2) is 5.78 Å². The Labute approximate surface area is 150 Å². The van der Waals surface area contributed by atoms with Gasteiger partial charge in [0.25, 0.3) is 0 Å². The molecule has 0 aliphatic carbocycles. The first kappa shape index (κ1) is 20.5. The Bertz CT molecular complexity index is 534. The number of methoxy groups -OCH3 is 1. The highest BCUT2D eigenvalue weighted by atomic mass is 35.5. The summed E-state index contributed by atoms with van der Waals surface area (Å²) < 4.78 is 5.08. The number of carbonyl (C=O) groups excluding carboxylic acids is 2. The molecular formula is C18H27ClN2O3. The van der Waals surface area contributed by atoms with Gasteiger partial charge in [-0.05, 0) is 50.6 Å². The molecule has 1 heterocycles. The second kappa shape index (κ2) is 10.3. The van der Waals surface area contributed by atoms with E-state index in [1.165, 1.54) is 0 Å². The fourth-order valence-corrected chi connectivity index (χ4v) is 2.92. The van der Waals surface area contributed by atoms with Gasteiger partial charge in [0, 0.05) is 37.5 Å². The molecule has 0 radical (unpaired) electrons. The number of carbonyl (C=O) groups is 2. The number of hydrogen-bond donors (Lipinski definition) is 1. The Balaban J connectivity index is 0.00000288. The molecule has 1 aromatic carbocycles. The van der Waals surface area contributed by atoms with Crippen molar-refractivity contribution in [1.82, 2.24) is 10.2 Å². The number of nitrogens with zero attached hydrogens (tertiary/aromatic N) is 1. The first-order chi connectivity index (χ1) is 11.1. The molecule has 0 bridgehead atoms. The first-order valence-corrected chi connectivity index (χ1v) is 8.26. The maximum absolute atomic E-state index is 12.2. The van der Waals surface area contributed by atoms with Crippen LogP contribution >= 0.6 is 12.4 Å². The van der Waals surface area contributed by atoms with Crippen molar-refractivity contribution >= 4 is 24.1 Å². The third-order valence-electron chi connectivity index (χ3n) is 4.39. The number of nitrogens with one attached hydrogen (secondary N) is 1. The van der Waals surface area contributed by atoms with Gasteiger partial charge in [-0.3, -0.25) is 9.59 Å². The molecule has 1 aliphatic rings. The maximum atomic E-state index is 12.2. The van der Waals surface area contributed by atoms with Gasteiger partial charge in [0.05, 0.1) is 7.11 Å². The predicted octanol–water partition coefficient (Wildman–Crippen LogP) is 2.68. The molecule has 1 fully saturated rings. The van der Waals surface area contributed by atoms with Crippen LogP contribution in [0.15, 0.2) is 24.3 Å². The monoisotopic (exact) mass is 354 g/mol. The van der Waals surface area contributed by atoms with Gasteiger partial charge in [-0.15, -0.1) is 12.4 Å². The standard InChI is InChI=1S/C18H26N2O3.ClH/c1-19-15-5-4-12-20(13-15)18(22)7-3-6-17(21)14-8-10-16(23-2)11-9-14;/h8-11,15,19H,3-7,12-13H2,1-2H3;1H. The number of amides is 1. The minimum absolute atomic E-state index is 0. The lowest BCUT2D eigenvalue weighted by molar-refractivity contribution is -0.132. The molecule has 0 aromatic heterocycles. The van der Waals surface area contributed by atoms with E-state index in [9.17, 15) is 9.59 Å². The highest BCUT2D eigenvalue weighted by Gasteiger charge is 2.22. The SMILES string of the molecule is CNC1CCCN(C(=O)CCCC(=O)c2ccc(OC)cc2)C1.Cl. The molecular weight excluding hydrogens is 328 g/mol. The molecule has 1 aliphatic heterocycles. The number of hydrogen-bond acceptors (Lipinski definition) is 4. The summed E-state index contributed by atoms with van der Waals surface area (Å²) in [4.78, 5) is 26.3. The van der Waals surface area contributed by atoms with Gasteiger partial charge >= 0.3 is 0 Å². The van der Waals surface area contributed by atoms with Gasteiger partial charge in [-0.1, -0.05) is 0 Å². The van der Waals surface area contributed by atoms with E-state index in [0.717, 1.165) is 31.7 Å². The summed E-state index contributed by atoms with van der Waals surface area (Å²) in [5.41, 5.74) is 0.673. The summed E-state index contributed by atoms with van der Waals surface area (Å²) in [6.45, 7) is 1.62. The van der Waals surface area contributed by atoms with E-state index >= 15 is 0 Å². The summed E-state index contributed by atoms with van der Waals surface area (Å²) in [6.07, 6.45) is 3.61. The number of rotatable bonds is 7. The molecule has 1 unspecified atom stereocenters. The number of likely N-dealkylation sites (tertiary alicyclic amines) is 1. The molecule has 24 heavy (non-hydrogen) atoms. The number of ketones is 1. The van der Waals surface area contributed by atoms with Gasteiger partial charge in [0.2, 0.25) is 5.91 Å². The fraction of sp³-hybridized carbons (Fsp3) is 0.556. The maximum Gasteiger partial charge on any atom is 0.222 e. The number of likely N-dealkylation sites (N-methyl/N-ethyl adjacent to an activating group) is 1. The van der Waals surface area contributed by atoms with Crippen molar-refractivity contribution in [2.45, 2.75) is 38.1 Å². The van der Waals surface area contributed by atoms with E-state index in [-0.39, 0.29) is 24.1 Å². The number of benzene rings is 1. The number of piperidine rings is 1. The topological polar surface area (TPSA) is 58.6 Å². The largest absolute Gasteiger partial charge is 0.497 e. The van der Waals surface area contributed by atoms with Crippen LogP contribution in [-0.2, 0) is 4.79 Å². The van der Waals surface area contributed by atoms with Crippen molar-refractivity contribution in [1.29, 1.82) is 0 Å². The van der Waals surface area contributed by atoms with E-state index in [2.05, 4.69) is 5.32 Å². The average molecular weight is 355 g/mol. The van der Waals surface area contributed by atoms with Crippen LogP contribution in [0.5, 0.6) is 5.75 Å². The summed E-state index contributed by atoms with van der Waals surface area (Å²) >= 11 is 0. The molecule has 2 rings (SSSR count). The second-order valence-electron chi connectivity index (χ2n) is 5.97. The Hall–Kier alpha value is -1.59. The average Bonchev–Trinajstić information content (AvgIpc) is 2.61. The van der Waals surface area contributed by atoms with E-state index < -0.39 is 0 Å². The number of ether oxygens (including phenoxy) is 1. The third kappa shape index (κ3) is 5.80. The molecule has 1 atom stereocenters. The van der Waals surface area contributed by atoms with Crippen LogP contribution in [0.2, 0.25) is 0 Å². The molecule has 134 valence electrons. The number of halogens is 1. The lowest BCUT2D eigenvalue weighted by atomic mass is 10.0. The molecule has 1 saturated heterocycles. The normalized spacial score (nSPS) is 17.1. The van der Waals surface area contributed by atoms with Crippen molar-refractivity contribution in [2.24, 2.45) is 0 Å². The van der Waals surface area contributed by atoms with Crippen LogP contribution in [0.3, 0.4) is 0 Å². The van der Waals surface area contributed by atoms with Crippen LogP contribution in [0.25, 0.3) is 0 Å². The molecule has 1 aromatic rings. The molecule has 0 saturated carbocycles. The van der Waals surface area contributed by atoms with Crippen LogP contribution in [0.1, 0.15) is 42.5 Å². The summed E-state index contributed by atoms with van der Waals surface area (Å²) in [7, 11) is 3.54. The van der Waals surface area contributed by atoms with Crippen molar-refractivity contribution in [3.8, 4) is 5.75 Å². The van der Waals surface area contributed by atoms with E-state index in [1.807, 2.05) is 11.9 Å². The lowest BCUT2D eigenvalue weighted by Gasteiger charge is -2.32. The molecule has 1 N–H and O–H groups in total. The van der Waals surface area contributed by atoms with E-state index in [1.54, 1.807) is 31.4 Å². The predicted molar refractivity (Wildman–Crippen MR) is 97.1 cm³/mol. The molecule has 1 amide bonds.